The van der Waals surface area contributed by atoms with E-state index in [0.717, 1.165) is 0 Å². The molecule has 0 saturated heterocycles. The molecule has 0 amide bonds. The third kappa shape index (κ3) is 3.12. The van der Waals surface area contributed by atoms with Gasteiger partial charge in [-0.2, -0.15) is 0 Å². The normalized spacial score (nSPS) is 12.2. The van der Waals surface area contributed by atoms with Crippen molar-refractivity contribution in [2.45, 2.75) is 12.6 Å². The number of hydrogen-bond acceptors (Lipinski definition) is 2. The Bertz CT molecular complexity index is 330. The first-order valence-electron chi connectivity index (χ1n) is 4.11. The molecule has 14 heavy (non-hydrogen) atoms. The van der Waals surface area contributed by atoms with E-state index in [2.05, 4.69) is 22.5 Å². The van der Waals surface area contributed by atoms with E-state index in [1.165, 1.54) is 12.1 Å². The number of hydrogen-bond donors (Lipinski definition) is 1. The van der Waals surface area contributed by atoms with Crippen molar-refractivity contribution in [2.75, 3.05) is 0 Å². The molecule has 0 fully saturated rings. The van der Waals surface area contributed by atoms with E-state index < -0.39 is 6.23 Å². The Labute approximate surface area is 90.7 Å². The molecule has 1 unspecified atom stereocenters. The molecule has 0 bridgehead atoms. The predicted octanol–water partition coefficient (Wildman–Crippen LogP) is 2.83. The van der Waals surface area contributed by atoms with Gasteiger partial charge in [-0.05, 0) is 28.1 Å². The zero-order chi connectivity index (χ0) is 10.6. The lowest BCUT2D eigenvalue weighted by Gasteiger charge is -2.13. The quantitative estimate of drug-likeness (QED) is 0.667. The molecule has 0 saturated carbocycles. The zero-order valence-electron chi connectivity index (χ0n) is 7.54. The molecule has 2 N–H and O–H groups in total. The minimum Gasteiger partial charge on any atom is -0.474 e. The van der Waals surface area contributed by atoms with Crippen LogP contribution in [0.25, 0.3) is 0 Å². The molecule has 0 heterocycles. The number of benzene rings is 1. The van der Waals surface area contributed by atoms with E-state index in [1.54, 1.807) is 12.1 Å². The summed E-state index contributed by atoms with van der Waals surface area (Å²) < 4.78 is 18.8. The summed E-state index contributed by atoms with van der Waals surface area (Å²) in [6.07, 6.45) is 1.67. The Hall–Kier alpha value is -0.870. The monoisotopic (exact) mass is 259 g/mol. The van der Waals surface area contributed by atoms with Crippen LogP contribution in [0.15, 0.2) is 35.3 Å². The van der Waals surface area contributed by atoms with Crippen molar-refractivity contribution in [1.82, 2.24) is 0 Å². The van der Waals surface area contributed by atoms with Gasteiger partial charge in [-0.15, -0.1) is 6.58 Å². The van der Waals surface area contributed by atoms with Crippen LogP contribution in [0.2, 0.25) is 0 Å². The maximum atomic E-state index is 12.8. The van der Waals surface area contributed by atoms with Crippen molar-refractivity contribution in [3.63, 3.8) is 0 Å². The van der Waals surface area contributed by atoms with Gasteiger partial charge in [0.25, 0.3) is 0 Å². The van der Waals surface area contributed by atoms with Gasteiger partial charge in [-0.3, -0.25) is 5.73 Å². The summed E-state index contributed by atoms with van der Waals surface area (Å²) in [5.41, 5.74) is 5.60. The van der Waals surface area contributed by atoms with E-state index in [-0.39, 0.29) is 5.82 Å². The van der Waals surface area contributed by atoms with Crippen molar-refractivity contribution in [1.29, 1.82) is 0 Å². The van der Waals surface area contributed by atoms with Crippen molar-refractivity contribution in [3.8, 4) is 5.75 Å². The SMILES string of the molecule is C=CCC(N)Oc1cc(F)ccc1Br. The van der Waals surface area contributed by atoms with Gasteiger partial charge in [0, 0.05) is 12.5 Å². The number of nitrogens with two attached hydrogens (primary N) is 1. The Kier molecular flexibility index (Phi) is 4.10. The molecule has 0 aliphatic rings. The second-order valence-electron chi connectivity index (χ2n) is 2.76. The van der Waals surface area contributed by atoms with Crippen LogP contribution in [-0.4, -0.2) is 6.23 Å². The third-order valence-corrected chi connectivity index (χ3v) is 2.23. The van der Waals surface area contributed by atoms with E-state index in [0.29, 0.717) is 16.6 Å². The van der Waals surface area contributed by atoms with Crippen LogP contribution >= 0.6 is 15.9 Å². The highest BCUT2D eigenvalue weighted by Gasteiger charge is 2.06. The van der Waals surface area contributed by atoms with Gasteiger partial charge in [0.15, 0.2) is 6.23 Å². The van der Waals surface area contributed by atoms with Crippen molar-refractivity contribution >= 4 is 15.9 Å². The van der Waals surface area contributed by atoms with Crippen LogP contribution in [0.1, 0.15) is 6.42 Å². The summed E-state index contributed by atoms with van der Waals surface area (Å²) in [5, 5.41) is 0. The van der Waals surface area contributed by atoms with Gasteiger partial charge in [0.1, 0.15) is 11.6 Å². The molecule has 0 radical (unpaired) electrons. The Morgan fingerprint density at radius 1 is 1.64 bits per heavy atom. The number of rotatable bonds is 4. The summed E-state index contributed by atoms with van der Waals surface area (Å²) in [5.74, 6) is 0.0494. The summed E-state index contributed by atoms with van der Waals surface area (Å²) >= 11 is 3.24. The maximum absolute atomic E-state index is 12.8. The lowest BCUT2D eigenvalue weighted by Crippen LogP contribution is -2.26. The highest BCUT2D eigenvalue weighted by molar-refractivity contribution is 9.10. The first-order valence-corrected chi connectivity index (χ1v) is 4.91. The number of ether oxygens (including phenoxy) is 1. The minimum absolute atomic E-state index is 0.353. The van der Waals surface area contributed by atoms with Crippen molar-refractivity contribution in [2.24, 2.45) is 5.73 Å². The van der Waals surface area contributed by atoms with Crippen LogP contribution in [0.3, 0.4) is 0 Å². The lowest BCUT2D eigenvalue weighted by atomic mass is 10.3. The third-order valence-electron chi connectivity index (χ3n) is 1.57. The Morgan fingerprint density at radius 2 is 2.36 bits per heavy atom. The molecule has 1 rings (SSSR count). The molecular weight excluding hydrogens is 249 g/mol. The summed E-state index contributed by atoms with van der Waals surface area (Å²) in [6.45, 7) is 3.54. The second-order valence-corrected chi connectivity index (χ2v) is 3.61. The summed E-state index contributed by atoms with van der Waals surface area (Å²) in [7, 11) is 0. The van der Waals surface area contributed by atoms with Crippen molar-refractivity contribution < 1.29 is 9.13 Å². The molecular formula is C10H11BrFNO. The van der Waals surface area contributed by atoms with Crippen LogP contribution in [-0.2, 0) is 0 Å². The number of halogens is 2. The van der Waals surface area contributed by atoms with E-state index in [9.17, 15) is 4.39 Å². The highest BCUT2D eigenvalue weighted by Crippen LogP contribution is 2.26. The summed E-state index contributed by atoms with van der Waals surface area (Å²) in [6, 6.07) is 4.20. The van der Waals surface area contributed by atoms with Gasteiger partial charge in [0.2, 0.25) is 0 Å². The van der Waals surface area contributed by atoms with Crippen molar-refractivity contribution in [3.05, 3.63) is 41.1 Å². The van der Waals surface area contributed by atoms with Gasteiger partial charge >= 0.3 is 0 Å². The molecule has 1 aromatic rings. The summed E-state index contributed by atoms with van der Waals surface area (Å²) in [4.78, 5) is 0. The van der Waals surface area contributed by atoms with Gasteiger partial charge in [-0.25, -0.2) is 4.39 Å². The smallest absolute Gasteiger partial charge is 0.151 e. The van der Waals surface area contributed by atoms with E-state index in [1.807, 2.05) is 0 Å². The molecule has 0 aromatic heterocycles. The average molecular weight is 260 g/mol. The van der Waals surface area contributed by atoms with E-state index >= 15 is 0 Å². The van der Waals surface area contributed by atoms with E-state index in [4.69, 9.17) is 10.5 Å². The molecule has 1 aromatic carbocycles. The molecule has 0 aliphatic heterocycles. The maximum Gasteiger partial charge on any atom is 0.151 e. The zero-order valence-corrected chi connectivity index (χ0v) is 9.13. The lowest BCUT2D eigenvalue weighted by molar-refractivity contribution is 0.210. The van der Waals surface area contributed by atoms with Gasteiger partial charge in [-0.1, -0.05) is 6.08 Å². The van der Waals surface area contributed by atoms with Crippen LogP contribution in [0.4, 0.5) is 4.39 Å². The van der Waals surface area contributed by atoms with Crippen LogP contribution in [0, 0.1) is 5.82 Å². The fourth-order valence-corrected chi connectivity index (χ4v) is 1.28. The Morgan fingerprint density at radius 3 is 3.00 bits per heavy atom. The van der Waals surface area contributed by atoms with Crippen LogP contribution in [0.5, 0.6) is 5.75 Å². The standard InChI is InChI=1S/C10H11BrFNO/c1-2-3-10(13)14-9-6-7(12)4-5-8(9)11/h2,4-6,10H,1,3,13H2. The molecule has 1 atom stereocenters. The average Bonchev–Trinajstić information content (AvgIpc) is 2.12. The highest BCUT2D eigenvalue weighted by atomic mass is 79.9. The van der Waals surface area contributed by atoms with Gasteiger partial charge in [0.05, 0.1) is 4.47 Å². The fourth-order valence-electron chi connectivity index (χ4n) is 0.943. The molecule has 76 valence electrons. The van der Waals surface area contributed by atoms with Gasteiger partial charge < -0.3 is 4.74 Å². The molecule has 0 aliphatic carbocycles. The molecule has 2 nitrogen and oxygen atoms in total. The van der Waals surface area contributed by atoms with Crippen LogP contribution < -0.4 is 10.5 Å². The topological polar surface area (TPSA) is 35.2 Å². The molecule has 4 heteroatoms. The predicted molar refractivity (Wildman–Crippen MR) is 57.5 cm³/mol. The molecule has 0 spiro atoms. The minimum atomic E-state index is -0.495. The fraction of sp³-hybridized carbons (Fsp3) is 0.200. The first kappa shape index (κ1) is 11.2. The Balaban J connectivity index is 2.74. The first-order chi connectivity index (χ1) is 6.63. The largest absolute Gasteiger partial charge is 0.474 e. The second kappa shape index (κ2) is 5.12.